The molecular formula is C17H29NO2. The van der Waals surface area contributed by atoms with E-state index in [1.165, 1.54) is 5.56 Å². The smallest absolute Gasteiger partial charge is 0.161 e. The number of benzene rings is 1. The molecule has 0 radical (unpaired) electrons. The first-order valence-electron chi connectivity index (χ1n) is 7.84. The van der Waals surface area contributed by atoms with Crippen molar-refractivity contribution in [3.05, 3.63) is 23.8 Å². The lowest BCUT2D eigenvalue weighted by molar-refractivity contribution is 0.225. The zero-order valence-corrected chi connectivity index (χ0v) is 13.4. The Balaban J connectivity index is 2.73. The van der Waals surface area contributed by atoms with Crippen LogP contribution in [0.25, 0.3) is 0 Å². The largest absolute Gasteiger partial charge is 0.490 e. The molecule has 0 saturated carbocycles. The van der Waals surface area contributed by atoms with Gasteiger partial charge in [0, 0.05) is 6.54 Å². The fourth-order valence-electron chi connectivity index (χ4n) is 2.05. The molecule has 0 heterocycles. The first-order chi connectivity index (χ1) is 9.74. The summed E-state index contributed by atoms with van der Waals surface area (Å²) in [6.45, 7) is 11.8. The number of rotatable bonds is 10. The molecule has 3 nitrogen and oxygen atoms in total. The molecule has 1 rings (SSSR count). The minimum Gasteiger partial charge on any atom is -0.490 e. The fourth-order valence-corrected chi connectivity index (χ4v) is 2.05. The van der Waals surface area contributed by atoms with Crippen molar-refractivity contribution >= 4 is 0 Å². The van der Waals surface area contributed by atoms with Gasteiger partial charge in [0.25, 0.3) is 0 Å². The molecule has 0 aliphatic heterocycles. The highest BCUT2D eigenvalue weighted by Crippen LogP contribution is 2.29. The van der Waals surface area contributed by atoms with Gasteiger partial charge in [0.1, 0.15) is 0 Å². The predicted molar refractivity (Wildman–Crippen MR) is 84.6 cm³/mol. The molecule has 1 aromatic rings. The van der Waals surface area contributed by atoms with Crippen LogP contribution in [0.5, 0.6) is 11.5 Å². The van der Waals surface area contributed by atoms with Gasteiger partial charge in [-0.25, -0.2) is 0 Å². The molecule has 0 spiro atoms. The fraction of sp³-hybridized carbons (Fsp3) is 0.647. The van der Waals surface area contributed by atoms with Crippen molar-refractivity contribution in [3.8, 4) is 11.5 Å². The Morgan fingerprint density at radius 2 is 1.75 bits per heavy atom. The van der Waals surface area contributed by atoms with Gasteiger partial charge in [-0.05, 0) is 37.1 Å². The quantitative estimate of drug-likeness (QED) is 0.702. The number of hydrogen-bond donors (Lipinski definition) is 1. The summed E-state index contributed by atoms with van der Waals surface area (Å²) in [6.07, 6.45) is 2.30. The van der Waals surface area contributed by atoms with Crippen LogP contribution in [-0.2, 0) is 6.54 Å². The highest BCUT2D eigenvalue weighted by atomic mass is 16.5. The molecule has 0 atom stereocenters. The van der Waals surface area contributed by atoms with Crippen LogP contribution in [0.3, 0.4) is 0 Å². The minimum absolute atomic E-state index is 0.617. The van der Waals surface area contributed by atoms with Crippen LogP contribution in [0.4, 0.5) is 0 Å². The summed E-state index contributed by atoms with van der Waals surface area (Å²) in [4.78, 5) is 0. The van der Waals surface area contributed by atoms with Crippen molar-refractivity contribution in [2.75, 3.05) is 19.8 Å². The summed E-state index contributed by atoms with van der Waals surface area (Å²) in [5, 5.41) is 3.33. The van der Waals surface area contributed by atoms with E-state index in [-0.39, 0.29) is 0 Å². The Bertz CT molecular complexity index is 375. The normalized spacial score (nSPS) is 10.8. The molecule has 0 aromatic heterocycles. The topological polar surface area (TPSA) is 30.5 Å². The summed E-state index contributed by atoms with van der Waals surface area (Å²) >= 11 is 0. The third-order valence-electron chi connectivity index (χ3n) is 3.52. The average Bonchev–Trinajstić information content (AvgIpc) is 2.48. The number of nitrogens with one attached hydrogen (secondary N) is 1. The summed E-state index contributed by atoms with van der Waals surface area (Å²) in [7, 11) is 0. The third-order valence-corrected chi connectivity index (χ3v) is 3.52. The van der Waals surface area contributed by atoms with Crippen LogP contribution in [-0.4, -0.2) is 19.8 Å². The molecule has 0 aliphatic rings. The van der Waals surface area contributed by atoms with Gasteiger partial charge in [0.2, 0.25) is 0 Å². The van der Waals surface area contributed by atoms with Crippen LogP contribution >= 0.6 is 0 Å². The molecule has 1 aromatic carbocycles. The summed E-state index contributed by atoms with van der Waals surface area (Å²) in [5.74, 6) is 2.33. The number of hydrogen-bond acceptors (Lipinski definition) is 3. The van der Waals surface area contributed by atoms with Crippen molar-refractivity contribution in [1.82, 2.24) is 5.32 Å². The van der Waals surface area contributed by atoms with Gasteiger partial charge in [0.05, 0.1) is 13.2 Å². The SMILES string of the molecule is CCNCc1ccc(OCC(CC)CC)c(OCC)c1. The van der Waals surface area contributed by atoms with Crippen molar-refractivity contribution in [3.63, 3.8) is 0 Å². The van der Waals surface area contributed by atoms with E-state index >= 15 is 0 Å². The van der Waals surface area contributed by atoms with Crippen molar-refractivity contribution in [2.24, 2.45) is 5.92 Å². The van der Waals surface area contributed by atoms with E-state index in [9.17, 15) is 0 Å². The zero-order valence-electron chi connectivity index (χ0n) is 13.4. The van der Waals surface area contributed by atoms with Gasteiger partial charge in [-0.3, -0.25) is 0 Å². The second kappa shape index (κ2) is 9.65. The first-order valence-corrected chi connectivity index (χ1v) is 7.84. The molecule has 0 amide bonds. The average molecular weight is 279 g/mol. The Morgan fingerprint density at radius 1 is 1.00 bits per heavy atom. The van der Waals surface area contributed by atoms with Gasteiger partial charge in [-0.15, -0.1) is 0 Å². The maximum Gasteiger partial charge on any atom is 0.161 e. The van der Waals surface area contributed by atoms with E-state index in [1.54, 1.807) is 0 Å². The van der Waals surface area contributed by atoms with Crippen LogP contribution in [0.2, 0.25) is 0 Å². The second-order valence-corrected chi connectivity index (χ2v) is 4.99. The number of ether oxygens (including phenoxy) is 2. The van der Waals surface area contributed by atoms with E-state index in [4.69, 9.17) is 9.47 Å². The lowest BCUT2D eigenvalue weighted by Crippen LogP contribution is -2.13. The van der Waals surface area contributed by atoms with E-state index in [2.05, 4.69) is 38.2 Å². The monoisotopic (exact) mass is 279 g/mol. The first kappa shape index (κ1) is 16.8. The lowest BCUT2D eigenvalue weighted by Gasteiger charge is -2.17. The molecule has 0 fully saturated rings. The maximum atomic E-state index is 5.95. The molecule has 1 N–H and O–H groups in total. The van der Waals surface area contributed by atoms with Crippen LogP contribution in [0.15, 0.2) is 18.2 Å². The van der Waals surface area contributed by atoms with Gasteiger partial charge in [-0.1, -0.05) is 39.7 Å². The Hall–Kier alpha value is -1.22. The summed E-state index contributed by atoms with van der Waals surface area (Å²) in [5.41, 5.74) is 1.23. The molecule has 0 aliphatic carbocycles. The van der Waals surface area contributed by atoms with Gasteiger partial charge in [0.15, 0.2) is 11.5 Å². The van der Waals surface area contributed by atoms with Gasteiger partial charge < -0.3 is 14.8 Å². The van der Waals surface area contributed by atoms with E-state index in [0.29, 0.717) is 12.5 Å². The van der Waals surface area contributed by atoms with Crippen molar-refractivity contribution in [1.29, 1.82) is 0 Å². The van der Waals surface area contributed by atoms with Crippen molar-refractivity contribution < 1.29 is 9.47 Å². The highest BCUT2D eigenvalue weighted by molar-refractivity contribution is 5.43. The molecular weight excluding hydrogens is 250 g/mol. The van der Waals surface area contributed by atoms with E-state index in [1.807, 2.05) is 13.0 Å². The summed E-state index contributed by atoms with van der Waals surface area (Å²) in [6, 6.07) is 6.21. The highest BCUT2D eigenvalue weighted by Gasteiger charge is 2.09. The van der Waals surface area contributed by atoms with Crippen LogP contribution in [0, 0.1) is 5.92 Å². The molecule has 0 bridgehead atoms. The maximum absolute atomic E-state index is 5.95. The standard InChI is InChI=1S/C17H29NO2/c1-5-14(6-2)13-20-16-10-9-15(12-18-7-3)11-17(16)19-8-4/h9-11,14,18H,5-8,12-13H2,1-4H3. The Labute approximate surface area is 123 Å². The molecule has 0 unspecified atom stereocenters. The van der Waals surface area contributed by atoms with Gasteiger partial charge >= 0.3 is 0 Å². The molecule has 0 saturated heterocycles. The zero-order chi connectivity index (χ0) is 14.8. The summed E-state index contributed by atoms with van der Waals surface area (Å²) < 4.78 is 11.7. The van der Waals surface area contributed by atoms with Crippen LogP contribution in [0.1, 0.15) is 46.1 Å². The molecule has 3 heteroatoms. The minimum atomic E-state index is 0.617. The Kier molecular flexibility index (Phi) is 8.12. The molecule has 114 valence electrons. The second-order valence-electron chi connectivity index (χ2n) is 4.99. The van der Waals surface area contributed by atoms with E-state index in [0.717, 1.165) is 44.0 Å². The van der Waals surface area contributed by atoms with Crippen LogP contribution < -0.4 is 14.8 Å². The van der Waals surface area contributed by atoms with Crippen molar-refractivity contribution in [2.45, 2.75) is 47.1 Å². The third kappa shape index (κ3) is 5.41. The van der Waals surface area contributed by atoms with Gasteiger partial charge in [-0.2, -0.15) is 0 Å². The molecule has 20 heavy (non-hydrogen) atoms. The van der Waals surface area contributed by atoms with E-state index < -0.39 is 0 Å². The Morgan fingerprint density at radius 3 is 2.35 bits per heavy atom. The lowest BCUT2D eigenvalue weighted by atomic mass is 10.1. The predicted octanol–water partition coefficient (Wildman–Crippen LogP) is 4.01.